The van der Waals surface area contributed by atoms with Gasteiger partial charge in [0.25, 0.3) is 0 Å². The summed E-state index contributed by atoms with van der Waals surface area (Å²) in [6, 6.07) is 12.1. The van der Waals surface area contributed by atoms with E-state index in [2.05, 4.69) is 50.5 Å². The van der Waals surface area contributed by atoms with Gasteiger partial charge in [-0.15, -0.1) is 10.2 Å². The molecular weight excluding hydrogens is 488 g/mol. The second kappa shape index (κ2) is 11.0. The van der Waals surface area contributed by atoms with E-state index < -0.39 is 0 Å². The summed E-state index contributed by atoms with van der Waals surface area (Å²) >= 11 is 4.89. The number of hydrogen-bond acceptors (Lipinski definition) is 5. The monoisotopic (exact) mass is 516 g/mol. The minimum Gasteiger partial charge on any atom is -0.483 e. The number of aryl methyl sites for hydroxylation is 3. The summed E-state index contributed by atoms with van der Waals surface area (Å²) < 4.78 is 8.94. The number of nitrogens with one attached hydrogen (secondary N) is 1. The maximum absolute atomic E-state index is 12.5. The molecule has 0 aliphatic rings. The Balaban J connectivity index is 1.64. The van der Waals surface area contributed by atoms with Gasteiger partial charge in [0.15, 0.2) is 17.1 Å². The first-order valence-corrected chi connectivity index (χ1v) is 12.5. The molecule has 0 radical (unpaired) electrons. The number of carbonyl (C=O) groups excluding carboxylic acids is 1. The van der Waals surface area contributed by atoms with Gasteiger partial charge in [-0.2, -0.15) is 0 Å². The summed E-state index contributed by atoms with van der Waals surface area (Å²) in [5.41, 5.74) is 4.34. The Morgan fingerprint density at radius 2 is 1.84 bits per heavy atom. The Bertz CT molecular complexity index is 1080. The first-order valence-electron chi connectivity index (χ1n) is 10.7. The highest BCUT2D eigenvalue weighted by Gasteiger charge is 2.19. The van der Waals surface area contributed by atoms with E-state index in [1.54, 1.807) is 0 Å². The molecule has 170 valence electrons. The van der Waals surface area contributed by atoms with Crippen LogP contribution in [0.2, 0.25) is 0 Å². The molecule has 0 aliphatic carbocycles. The van der Waals surface area contributed by atoms with E-state index in [9.17, 15) is 4.79 Å². The van der Waals surface area contributed by atoms with Crippen LogP contribution < -0.4 is 10.1 Å². The Labute approximate surface area is 202 Å². The molecule has 0 unspecified atom stereocenters. The van der Waals surface area contributed by atoms with Gasteiger partial charge in [-0.1, -0.05) is 30.8 Å². The highest BCUT2D eigenvalue weighted by atomic mass is 79.9. The molecule has 0 bridgehead atoms. The molecule has 32 heavy (non-hydrogen) atoms. The number of benzene rings is 2. The molecule has 1 aromatic heterocycles. The predicted octanol–water partition coefficient (Wildman–Crippen LogP) is 6.11. The topological polar surface area (TPSA) is 69.0 Å². The molecule has 6 nitrogen and oxygen atoms in total. The highest BCUT2D eigenvalue weighted by Crippen LogP contribution is 2.28. The van der Waals surface area contributed by atoms with Crippen LogP contribution in [0.1, 0.15) is 49.4 Å². The molecule has 0 saturated carbocycles. The van der Waals surface area contributed by atoms with E-state index in [0.29, 0.717) is 11.7 Å². The molecule has 1 atom stereocenters. The quantitative estimate of drug-likeness (QED) is 0.347. The molecule has 0 spiro atoms. The number of hydrogen-bond donors (Lipinski definition) is 1. The summed E-state index contributed by atoms with van der Waals surface area (Å²) in [7, 11) is 0. The van der Waals surface area contributed by atoms with Crippen molar-refractivity contribution in [2.45, 2.75) is 58.8 Å². The lowest BCUT2D eigenvalue weighted by atomic mass is 10.1. The summed E-state index contributed by atoms with van der Waals surface area (Å²) in [5, 5.41) is 12.3. The van der Waals surface area contributed by atoms with E-state index in [-0.39, 0.29) is 17.8 Å². The van der Waals surface area contributed by atoms with Gasteiger partial charge in [0.05, 0.1) is 11.4 Å². The van der Waals surface area contributed by atoms with E-state index in [1.165, 1.54) is 22.9 Å². The third kappa shape index (κ3) is 5.92. The summed E-state index contributed by atoms with van der Waals surface area (Å²) in [6.45, 7) is 10.9. The highest BCUT2D eigenvalue weighted by molar-refractivity contribution is 9.10. The van der Waals surface area contributed by atoms with Crippen molar-refractivity contribution in [1.29, 1.82) is 0 Å². The van der Waals surface area contributed by atoms with Crippen LogP contribution in [0.5, 0.6) is 5.75 Å². The van der Waals surface area contributed by atoms with E-state index in [4.69, 9.17) is 4.74 Å². The molecule has 1 N–H and O–H groups in total. The largest absolute Gasteiger partial charge is 0.483 e. The van der Waals surface area contributed by atoms with Crippen LogP contribution in [0, 0.1) is 13.8 Å². The fraction of sp³-hybridized carbons (Fsp3) is 0.375. The molecule has 8 heteroatoms. The number of carbonyl (C=O) groups is 1. The Morgan fingerprint density at radius 3 is 2.50 bits per heavy atom. The molecule has 0 saturated heterocycles. The minimum atomic E-state index is -0.260. The van der Waals surface area contributed by atoms with Gasteiger partial charge in [0.1, 0.15) is 5.75 Å². The second-order valence-corrected chi connectivity index (χ2v) is 9.39. The Morgan fingerprint density at radius 1 is 1.16 bits per heavy atom. The van der Waals surface area contributed by atoms with Gasteiger partial charge >= 0.3 is 0 Å². The average molecular weight is 517 g/mol. The van der Waals surface area contributed by atoms with Crippen LogP contribution in [-0.2, 0) is 17.8 Å². The fourth-order valence-corrected chi connectivity index (χ4v) is 4.62. The van der Waals surface area contributed by atoms with E-state index in [1.807, 2.05) is 56.5 Å². The molecular formula is C24H29BrN4O2S. The number of ether oxygens (including phenoxy) is 1. The minimum absolute atomic E-state index is 0.0912. The number of amides is 1. The number of halogens is 1. The Hall–Kier alpha value is -2.32. The zero-order valence-electron chi connectivity index (χ0n) is 19.1. The molecule has 2 aromatic carbocycles. The zero-order chi connectivity index (χ0) is 23.3. The smallest absolute Gasteiger partial charge is 0.234 e. The summed E-state index contributed by atoms with van der Waals surface area (Å²) in [5.74, 6) is 1.69. The average Bonchev–Trinajstić information content (AvgIpc) is 3.19. The van der Waals surface area contributed by atoms with Crippen LogP contribution in [0.3, 0.4) is 0 Å². The predicted molar refractivity (Wildman–Crippen MR) is 134 cm³/mol. The summed E-state index contributed by atoms with van der Waals surface area (Å²) in [6.07, 6.45) is 0.735. The van der Waals surface area contributed by atoms with Crippen LogP contribution in [-0.4, -0.2) is 26.4 Å². The molecule has 1 amide bonds. The van der Waals surface area contributed by atoms with Crippen molar-refractivity contribution in [3.05, 3.63) is 63.4 Å². The second-order valence-electron chi connectivity index (χ2n) is 7.60. The van der Waals surface area contributed by atoms with Gasteiger partial charge in [-0.3, -0.25) is 4.79 Å². The molecule has 3 rings (SSSR count). The van der Waals surface area contributed by atoms with Crippen molar-refractivity contribution in [1.82, 2.24) is 14.8 Å². The number of aromatic nitrogens is 3. The first-order chi connectivity index (χ1) is 15.3. The van der Waals surface area contributed by atoms with E-state index >= 15 is 0 Å². The lowest BCUT2D eigenvalue weighted by Gasteiger charge is -2.16. The number of anilines is 1. The number of thioether (sulfide) groups is 1. The zero-order valence-corrected chi connectivity index (χ0v) is 21.5. The third-order valence-corrected chi connectivity index (χ3v) is 6.88. The number of nitrogens with zero attached hydrogens (tertiary/aromatic N) is 3. The number of rotatable bonds is 9. The van der Waals surface area contributed by atoms with Crippen molar-refractivity contribution < 1.29 is 9.53 Å². The maximum Gasteiger partial charge on any atom is 0.234 e. The van der Waals surface area contributed by atoms with Crippen LogP contribution >= 0.6 is 27.7 Å². The van der Waals surface area contributed by atoms with E-state index in [0.717, 1.165) is 33.7 Å². The van der Waals surface area contributed by atoms with Crippen molar-refractivity contribution in [2.75, 3.05) is 11.1 Å². The standard InChI is InChI=1S/C24H29BrN4O2S/c1-6-18-8-10-19(11-9-18)31-17(5)23-27-28-24(29(23)7-2)32-14-22(30)26-21-13-16(4)15(3)12-20(21)25/h8-13,17H,6-7,14H2,1-5H3,(H,26,30)/t17-/m1/s1. The third-order valence-electron chi connectivity index (χ3n) is 5.26. The lowest BCUT2D eigenvalue weighted by molar-refractivity contribution is -0.113. The normalized spacial score (nSPS) is 11.9. The molecule has 0 fully saturated rings. The first kappa shape index (κ1) is 24.3. The van der Waals surface area contributed by atoms with Gasteiger partial charge in [0, 0.05) is 11.0 Å². The molecule has 3 aromatic rings. The molecule has 1 heterocycles. The maximum atomic E-state index is 12.5. The molecule has 0 aliphatic heterocycles. The van der Waals surface area contributed by atoms with Gasteiger partial charge in [-0.05, 0) is 91.0 Å². The van der Waals surface area contributed by atoms with Gasteiger partial charge < -0.3 is 14.6 Å². The SMILES string of the molecule is CCc1ccc(O[C@H](C)c2nnc(SCC(=O)Nc3cc(C)c(C)cc3Br)n2CC)cc1. The van der Waals surface area contributed by atoms with Crippen LogP contribution in [0.25, 0.3) is 0 Å². The van der Waals surface area contributed by atoms with Crippen molar-refractivity contribution in [2.24, 2.45) is 0 Å². The van der Waals surface area contributed by atoms with Crippen molar-refractivity contribution in [3.63, 3.8) is 0 Å². The van der Waals surface area contributed by atoms with Crippen LogP contribution in [0.15, 0.2) is 46.0 Å². The van der Waals surface area contributed by atoms with Crippen LogP contribution in [0.4, 0.5) is 5.69 Å². The lowest BCUT2D eigenvalue weighted by Crippen LogP contribution is -2.16. The van der Waals surface area contributed by atoms with Gasteiger partial charge in [0.2, 0.25) is 5.91 Å². The Kier molecular flexibility index (Phi) is 8.37. The fourth-order valence-electron chi connectivity index (χ4n) is 3.26. The van der Waals surface area contributed by atoms with Gasteiger partial charge in [-0.25, -0.2) is 0 Å². The summed E-state index contributed by atoms with van der Waals surface area (Å²) in [4.78, 5) is 12.5. The van der Waals surface area contributed by atoms with Crippen molar-refractivity contribution >= 4 is 39.3 Å². The van der Waals surface area contributed by atoms with Crippen molar-refractivity contribution in [3.8, 4) is 5.75 Å².